The van der Waals surface area contributed by atoms with Crippen molar-refractivity contribution in [2.24, 2.45) is 0 Å². The summed E-state index contributed by atoms with van der Waals surface area (Å²) in [4.78, 5) is 4.36. The van der Waals surface area contributed by atoms with E-state index < -0.39 is 31.0 Å². The summed E-state index contributed by atoms with van der Waals surface area (Å²) in [6.07, 6.45) is 0. The molecule has 0 saturated carbocycles. The largest absolute Gasteiger partial charge is 0.301 e. The van der Waals surface area contributed by atoms with Crippen LogP contribution in [0.1, 0.15) is 6.92 Å². The van der Waals surface area contributed by atoms with Crippen LogP contribution in [0.25, 0.3) is 0 Å². The number of hydrogen-bond donors (Lipinski definition) is 0. The number of hydrogen-bond acceptors (Lipinski definition) is 7. The minimum atomic E-state index is -3.60. The van der Waals surface area contributed by atoms with Crippen LogP contribution in [-0.4, -0.2) is 82.2 Å². The summed E-state index contributed by atoms with van der Waals surface area (Å²) in [5.74, 6) is -0.305. The van der Waals surface area contributed by atoms with E-state index in [-0.39, 0.29) is 15.7 Å². The fraction of sp³-hybridized carbons (Fsp3) is 0.714. The fourth-order valence-electron chi connectivity index (χ4n) is 3.42. The Bertz CT molecular complexity index is 735. The third-order valence-electron chi connectivity index (χ3n) is 4.77. The van der Waals surface area contributed by atoms with Crippen LogP contribution in [0.5, 0.6) is 0 Å². The first-order chi connectivity index (χ1) is 10.8. The van der Waals surface area contributed by atoms with Gasteiger partial charge >= 0.3 is 0 Å². The second kappa shape index (κ2) is 6.44. The molecule has 130 valence electrons. The lowest BCUT2D eigenvalue weighted by Crippen LogP contribution is -2.54. The highest BCUT2D eigenvalue weighted by molar-refractivity contribution is 7.97. The Morgan fingerprint density at radius 1 is 1.22 bits per heavy atom. The van der Waals surface area contributed by atoms with Gasteiger partial charge in [0.05, 0.1) is 16.8 Å². The Balaban J connectivity index is 1.86. The maximum atomic E-state index is 12.9. The van der Waals surface area contributed by atoms with Crippen LogP contribution in [0.3, 0.4) is 0 Å². The van der Waals surface area contributed by atoms with Crippen LogP contribution in [0.2, 0.25) is 0 Å². The van der Waals surface area contributed by atoms with Gasteiger partial charge in [0, 0.05) is 32.2 Å². The molecule has 0 aromatic carbocycles. The van der Waals surface area contributed by atoms with Gasteiger partial charge in [-0.25, -0.2) is 16.8 Å². The zero-order valence-electron chi connectivity index (χ0n) is 13.1. The van der Waals surface area contributed by atoms with E-state index in [4.69, 9.17) is 0 Å². The molecule has 0 aliphatic carbocycles. The van der Waals surface area contributed by atoms with Gasteiger partial charge in [-0.15, -0.1) is 11.3 Å². The topological polar surface area (TPSA) is 74.8 Å². The third kappa shape index (κ3) is 3.48. The number of piperazine rings is 1. The van der Waals surface area contributed by atoms with Gasteiger partial charge in [0.2, 0.25) is 0 Å². The van der Waals surface area contributed by atoms with E-state index in [0.29, 0.717) is 0 Å². The Morgan fingerprint density at radius 2 is 1.91 bits per heavy atom. The smallest absolute Gasteiger partial charge is 0.193 e. The number of rotatable bonds is 4. The van der Waals surface area contributed by atoms with Crippen molar-refractivity contribution in [3.63, 3.8) is 0 Å². The van der Waals surface area contributed by atoms with Gasteiger partial charge in [-0.05, 0) is 18.0 Å². The minimum absolute atomic E-state index is 0.0472. The number of sulfone groups is 2. The van der Waals surface area contributed by atoms with Crippen LogP contribution >= 0.6 is 11.3 Å². The Kier molecular flexibility index (Phi) is 4.85. The number of nitrogens with zero attached hydrogens (tertiary/aromatic N) is 2. The second-order valence-electron chi connectivity index (χ2n) is 6.13. The summed E-state index contributed by atoms with van der Waals surface area (Å²) in [5, 5.41) is 0.866. The number of thiophene rings is 1. The van der Waals surface area contributed by atoms with E-state index in [2.05, 4.69) is 16.7 Å². The van der Waals surface area contributed by atoms with Crippen molar-refractivity contribution in [1.82, 2.24) is 9.80 Å². The molecule has 1 aromatic heterocycles. The van der Waals surface area contributed by atoms with Crippen molar-refractivity contribution in [3.8, 4) is 0 Å². The van der Waals surface area contributed by atoms with Crippen molar-refractivity contribution in [2.45, 2.75) is 22.4 Å². The molecular formula is C14H22N2O4S3. The molecule has 2 atom stereocenters. The lowest BCUT2D eigenvalue weighted by molar-refractivity contribution is 0.109. The number of likely N-dealkylation sites (N-methyl/N-ethyl adjacent to an activating group) is 1. The average Bonchev–Trinajstić information content (AvgIpc) is 3.15. The van der Waals surface area contributed by atoms with Crippen molar-refractivity contribution >= 4 is 31.0 Å². The standard InChI is InChI=1S/C14H22N2O4S3/c1-2-15-5-7-16(8-6-15)12-10-22(17,18)11-13(12)23(19,20)14-4-3-9-21-14/h3-4,9,12-13H,2,5-8,10-11H2,1H3/t12-,13-/m0/s1. The third-order valence-corrected chi connectivity index (χ3v) is 10.3. The molecule has 1 aromatic rings. The summed E-state index contributed by atoms with van der Waals surface area (Å²) < 4.78 is 50.3. The summed E-state index contributed by atoms with van der Waals surface area (Å²) in [5.41, 5.74) is 0. The van der Waals surface area contributed by atoms with Gasteiger partial charge in [-0.1, -0.05) is 13.0 Å². The first-order valence-corrected chi connectivity index (χ1v) is 12.0. The summed E-state index contributed by atoms with van der Waals surface area (Å²) >= 11 is 1.16. The predicted octanol–water partition coefficient (Wildman–Crippen LogP) is 0.325. The molecule has 0 amide bonds. The first-order valence-electron chi connectivity index (χ1n) is 7.78. The summed E-state index contributed by atoms with van der Waals surface area (Å²) in [7, 11) is -6.92. The molecule has 0 N–H and O–H groups in total. The van der Waals surface area contributed by atoms with Gasteiger partial charge < -0.3 is 4.90 Å². The molecule has 2 fully saturated rings. The van der Waals surface area contributed by atoms with E-state index in [1.165, 1.54) is 0 Å². The highest BCUT2D eigenvalue weighted by Crippen LogP contribution is 2.31. The molecule has 0 spiro atoms. The molecule has 0 bridgehead atoms. The Hall–Kier alpha value is -0.480. The molecular weight excluding hydrogens is 356 g/mol. The molecule has 23 heavy (non-hydrogen) atoms. The normalized spacial score (nSPS) is 29.8. The van der Waals surface area contributed by atoms with Gasteiger partial charge in [-0.2, -0.15) is 0 Å². The maximum absolute atomic E-state index is 12.9. The SMILES string of the molecule is CCN1CCN([C@H]2CS(=O)(=O)C[C@@H]2S(=O)(=O)c2cccs2)CC1. The predicted molar refractivity (Wildman–Crippen MR) is 91.4 cm³/mol. The lowest BCUT2D eigenvalue weighted by Gasteiger charge is -2.38. The highest BCUT2D eigenvalue weighted by Gasteiger charge is 2.48. The maximum Gasteiger partial charge on any atom is 0.193 e. The zero-order chi connectivity index (χ0) is 16.7. The highest BCUT2D eigenvalue weighted by atomic mass is 32.2. The molecule has 3 rings (SSSR count). The van der Waals surface area contributed by atoms with Gasteiger partial charge in [-0.3, -0.25) is 4.90 Å². The van der Waals surface area contributed by atoms with Crippen LogP contribution in [0.15, 0.2) is 21.7 Å². The van der Waals surface area contributed by atoms with Crippen LogP contribution in [-0.2, 0) is 19.7 Å². The lowest BCUT2D eigenvalue weighted by atomic mass is 10.2. The Labute approximate surface area is 141 Å². The fourth-order valence-corrected chi connectivity index (χ4v) is 9.47. The summed E-state index contributed by atoms with van der Waals surface area (Å²) in [6, 6.07) is 2.83. The zero-order valence-corrected chi connectivity index (χ0v) is 15.5. The van der Waals surface area contributed by atoms with E-state index in [1.807, 2.05) is 0 Å². The van der Waals surface area contributed by atoms with E-state index in [0.717, 1.165) is 44.1 Å². The molecule has 6 nitrogen and oxygen atoms in total. The van der Waals surface area contributed by atoms with Crippen molar-refractivity contribution in [1.29, 1.82) is 0 Å². The molecule has 2 aliphatic heterocycles. The van der Waals surface area contributed by atoms with E-state index >= 15 is 0 Å². The van der Waals surface area contributed by atoms with Gasteiger partial charge in [0.15, 0.2) is 19.7 Å². The van der Waals surface area contributed by atoms with Gasteiger partial charge in [0.25, 0.3) is 0 Å². The molecule has 0 radical (unpaired) electrons. The van der Waals surface area contributed by atoms with E-state index in [1.54, 1.807) is 17.5 Å². The quantitative estimate of drug-likeness (QED) is 0.751. The second-order valence-corrected chi connectivity index (χ2v) is 11.6. The molecule has 9 heteroatoms. The molecule has 2 saturated heterocycles. The molecule has 2 aliphatic rings. The van der Waals surface area contributed by atoms with Gasteiger partial charge in [0.1, 0.15) is 4.21 Å². The van der Waals surface area contributed by atoms with Crippen LogP contribution in [0.4, 0.5) is 0 Å². The monoisotopic (exact) mass is 378 g/mol. The van der Waals surface area contributed by atoms with Crippen LogP contribution < -0.4 is 0 Å². The minimum Gasteiger partial charge on any atom is -0.301 e. The molecule has 3 heterocycles. The van der Waals surface area contributed by atoms with Crippen molar-refractivity contribution in [3.05, 3.63) is 17.5 Å². The molecule has 0 unspecified atom stereocenters. The van der Waals surface area contributed by atoms with Crippen LogP contribution in [0, 0.1) is 0 Å². The van der Waals surface area contributed by atoms with E-state index in [9.17, 15) is 16.8 Å². The summed E-state index contributed by atoms with van der Waals surface area (Å²) in [6.45, 7) is 6.24. The average molecular weight is 379 g/mol. The Morgan fingerprint density at radius 3 is 2.48 bits per heavy atom. The van der Waals surface area contributed by atoms with Crippen molar-refractivity contribution in [2.75, 3.05) is 44.2 Å². The van der Waals surface area contributed by atoms with Crippen molar-refractivity contribution < 1.29 is 16.8 Å². The first kappa shape index (κ1) is 17.3.